The van der Waals surface area contributed by atoms with Crippen LogP contribution in [-0.2, 0) is 13.0 Å². The molecule has 1 N–H and O–H groups in total. The van der Waals surface area contributed by atoms with Gasteiger partial charge >= 0.3 is 0 Å². The molecule has 0 saturated heterocycles. The number of aryl methyl sites for hydroxylation is 2. The van der Waals surface area contributed by atoms with Crippen LogP contribution in [-0.4, -0.2) is 14.9 Å². The third kappa shape index (κ3) is 3.31. The number of nitrogens with zero attached hydrogens (tertiary/aromatic N) is 2. The highest BCUT2D eigenvalue weighted by molar-refractivity contribution is 5.72. The standard InChI is InChI=1S/C20H19FN2O2/c1-3-23-20(25)18(16-10-5-4-7-13(16)2)19(24)17(22-23)12-14-8-6-9-15(21)11-14/h4-11,24H,3,12H2,1-2H3. The van der Waals surface area contributed by atoms with E-state index in [0.29, 0.717) is 23.4 Å². The summed E-state index contributed by atoms with van der Waals surface area (Å²) in [6.45, 7) is 4.09. The highest BCUT2D eigenvalue weighted by atomic mass is 19.1. The largest absolute Gasteiger partial charge is 0.505 e. The van der Waals surface area contributed by atoms with E-state index in [1.165, 1.54) is 16.8 Å². The van der Waals surface area contributed by atoms with Gasteiger partial charge in [0.15, 0.2) is 5.75 Å². The second-order valence-corrected chi connectivity index (χ2v) is 5.91. The quantitative estimate of drug-likeness (QED) is 0.789. The molecule has 128 valence electrons. The molecule has 0 atom stereocenters. The molecule has 2 aromatic carbocycles. The van der Waals surface area contributed by atoms with E-state index in [-0.39, 0.29) is 29.1 Å². The van der Waals surface area contributed by atoms with Crippen molar-refractivity contribution in [2.24, 2.45) is 0 Å². The topological polar surface area (TPSA) is 55.1 Å². The number of hydrogen-bond donors (Lipinski definition) is 1. The van der Waals surface area contributed by atoms with Crippen LogP contribution in [0.3, 0.4) is 0 Å². The van der Waals surface area contributed by atoms with Gasteiger partial charge in [0, 0.05) is 13.0 Å². The van der Waals surface area contributed by atoms with Crippen LogP contribution < -0.4 is 5.56 Å². The highest BCUT2D eigenvalue weighted by Crippen LogP contribution is 2.31. The van der Waals surface area contributed by atoms with Gasteiger partial charge in [-0.3, -0.25) is 4.79 Å². The van der Waals surface area contributed by atoms with Gasteiger partial charge in [0.05, 0.1) is 5.56 Å². The van der Waals surface area contributed by atoms with E-state index in [1.807, 2.05) is 32.0 Å². The summed E-state index contributed by atoms with van der Waals surface area (Å²) in [5, 5.41) is 15.0. The lowest BCUT2D eigenvalue weighted by molar-refractivity contribution is 0.453. The Bertz CT molecular complexity index is 980. The summed E-state index contributed by atoms with van der Waals surface area (Å²) in [5.74, 6) is -0.492. The molecule has 0 aliphatic carbocycles. The predicted molar refractivity (Wildman–Crippen MR) is 95.2 cm³/mol. The summed E-state index contributed by atoms with van der Waals surface area (Å²) >= 11 is 0. The van der Waals surface area contributed by atoms with E-state index < -0.39 is 0 Å². The number of benzene rings is 2. The second-order valence-electron chi connectivity index (χ2n) is 5.91. The average molecular weight is 338 g/mol. The van der Waals surface area contributed by atoms with E-state index in [2.05, 4.69) is 5.10 Å². The molecule has 4 nitrogen and oxygen atoms in total. The Morgan fingerprint density at radius 1 is 1.16 bits per heavy atom. The van der Waals surface area contributed by atoms with Crippen molar-refractivity contribution in [2.75, 3.05) is 0 Å². The maximum atomic E-state index is 13.4. The van der Waals surface area contributed by atoms with E-state index >= 15 is 0 Å². The molecule has 0 unspecified atom stereocenters. The molecule has 1 aromatic heterocycles. The molecule has 3 aromatic rings. The fourth-order valence-corrected chi connectivity index (χ4v) is 2.88. The molecule has 0 aliphatic heterocycles. The molecule has 0 aliphatic rings. The predicted octanol–water partition coefficient (Wildman–Crippen LogP) is 3.67. The van der Waals surface area contributed by atoms with Crippen molar-refractivity contribution in [3.63, 3.8) is 0 Å². The summed E-state index contributed by atoms with van der Waals surface area (Å²) in [7, 11) is 0. The number of aromatic hydroxyl groups is 1. The monoisotopic (exact) mass is 338 g/mol. The van der Waals surface area contributed by atoms with E-state index in [4.69, 9.17) is 0 Å². The Kier molecular flexibility index (Phi) is 4.65. The summed E-state index contributed by atoms with van der Waals surface area (Å²) in [5.41, 5.74) is 2.50. The van der Waals surface area contributed by atoms with Crippen molar-refractivity contribution < 1.29 is 9.50 Å². The van der Waals surface area contributed by atoms with Crippen LogP contribution in [0.15, 0.2) is 53.3 Å². The minimum Gasteiger partial charge on any atom is -0.505 e. The van der Waals surface area contributed by atoms with Gasteiger partial charge in [-0.1, -0.05) is 36.4 Å². The summed E-state index contributed by atoms with van der Waals surface area (Å²) in [6, 6.07) is 13.5. The number of rotatable bonds is 4. The molecular formula is C20H19FN2O2. The van der Waals surface area contributed by atoms with Gasteiger partial charge in [0.2, 0.25) is 0 Å². The fourth-order valence-electron chi connectivity index (χ4n) is 2.88. The van der Waals surface area contributed by atoms with Gasteiger partial charge < -0.3 is 5.11 Å². The summed E-state index contributed by atoms with van der Waals surface area (Å²) < 4.78 is 14.8. The first-order valence-corrected chi connectivity index (χ1v) is 8.14. The molecule has 0 radical (unpaired) electrons. The zero-order valence-electron chi connectivity index (χ0n) is 14.2. The zero-order valence-corrected chi connectivity index (χ0v) is 14.2. The molecular weight excluding hydrogens is 319 g/mol. The van der Waals surface area contributed by atoms with Crippen LogP contribution in [0.1, 0.15) is 23.7 Å². The van der Waals surface area contributed by atoms with Gasteiger partial charge in [-0.15, -0.1) is 0 Å². The summed E-state index contributed by atoms with van der Waals surface area (Å²) in [6.07, 6.45) is 0.239. The lowest BCUT2D eigenvalue weighted by Gasteiger charge is -2.14. The number of hydrogen-bond acceptors (Lipinski definition) is 3. The number of aromatic nitrogens is 2. The Balaban J connectivity index is 2.19. The second kappa shape index (κ2) is 6.89. The van der Waals surface area contributed by atoms with Gasteiger partial charge in [0.25, 0.3) is 5.56 Å². The Morgan fingerprint density at radius 2 is 1.92 bits per heavy atom. The van der Waals surface area contributed by atoms with Crippen molar-refractivity contribution >= 4 is 0 Å². The lowest BCUT2D eigenvalue weighted by Crippen LogP contribution is -2.25. The first-order chi connectivity index (χ1) is 12.0. The Morgan fingerprint density at radius 3 is 2.60 bits per heavy atom. The van der Waals surface area contributed by atoms with Gasteiger partial charge in [-0.2, -0.15) is 5.10 Å². The van der Waals surface area contributed by atoms with E-state index in [1.54, 1.807) is 18.2 Å². The van der Waals surface area contributed by atoms with E-state index in [0.717, 1.165) is 5.56 Å². The number of halogens is 1. The smallest absolute Gasteiger partial charge is 0.278 e. The van der Waals surface area contributed by atoms with Crippen LogP contribution in [0.25, 0.3) is 11.1 Å². The molecule has 25 heavy (non-hydrogen) atoms. The molecule has 3 rings (SSSR count). The summed E-state index contributed by atoms with van der Waals surface area (Å²) in [4.78, 5) is 12.7. The lowest BCUT2D eigenvalue weighted by atomic mass is 9.99. The first kappa shape index (κ1) is 16.9. The molecule has 0 saturated carbocycles. The first-order valence-electron chi connectivity index (χ1n) is 8.14. The van der Waals surface area contributed by atoms with Crippen molar-refractivity contribution in [2.45, 2.75) is 26.8 Å². The molecule has 0 bridgehead atoms. The zero-order chi connectivity index (χ0) is 18.0. The van der Waals surface area contributed by atoms with Crippen LogP contribution in [0.2, 0.25) is 0 Å². The van der Waals surface area contributed by atoms with Gasteiger partial charge in [0.1, 0.15) is 11.5 Å². The molecule has 1 heterocycles. The van der Waals surface area contributed by atoms with Crippen LogP contribution in [0.5, 0.6) is 5.75 Å². The SMILES string of the molecule is CCn1nc(Cc2cccc(F)c2)c(O)c(-c2ccccc2C)c1=O. The average Bonchev–Trinajstić information content (AvgIpc) is 2.59. The fraction of sp³-hybridized carbons (Fsp3) is 0.200. The van der Waals surface area contributed by atoms with Crippen LogP contribution in [0, 0.1) is 12.7 Å². The molecule has 0 amide bonds. The van der Waals surface area contributed by atoms with Gasteiger partial charge in [-0.05, 0) is 42.7 Å². The third-order valence-electron chi connectivity index (χ3n) is 4.17. The van der Waals surface area contributed by atoms with Crippen LogP contribution in [0.4, 0.5) is 4.39 Å². The minimum atomic E-state index is -0.347. The minimum absolute atomic E-state index is 0.145. The van der Waals surface area contributed by atoms with Crippen molar-refractivity contribution in [1.82, 2.24) is 9.78 Å². The molecule has 0 spiro atoms. The van der Waals surface area contributed by atoms with Crippen molar-refractivity contribution in [3.05, 3.63) is 81.5 Å². The maximum Gasteiger partial charge on any atom is 0.278 e. The van der Waals surface area contributed by atoms with E-state index in [9.17, 15) is 14.3 Å². The molecule has 5 heteroatoms. The Labute approximate surface area is 145 Å². The third-order valence-corrected chi connectivity index (χ3v) is 4.17. The highest BCUT2D eigenvalue weighted by Gasteiger charge is 2.19. The van der Waals surface area contributed by atoms with Crippen molar-refractivity contribution in [3.8, 4) is 16.9 Å². The van der Waals surface area contributed by atoms with Crippen LogP contribution >= 0.6 is 0 Å². The van der Waals surface area contributed by atoms with Gasteiger partial charge in [-0.25, -0.2) is 9.07 Å². The normalized spacial score (nSPS) is 10.8. The molecule has 0 fully saturated rings. The van der Waals surface area contributed by atoms with Crippen molar-refractivity contribution in [1.29, 1.82) is 0 Å². The maximum absolute atomic E-state index is 13.4. The Hall–Kier alpha value is -2.95.